The van der Waals surface area contributed by atoms with Crippen molar-refractivity contribution in [2.75, 3.05) is 33.7 Å². The fraction of sp³-hybridized carbons (Fsp3) is 0.625. The molecule has 1 aromatic rings. The molecule has 1 atom stereocenters. The molecule has 1 aliphatic rings. The number of nitrogens with two attached hydrogens (primary N) is 1. The van der Waals surface area contributed by atoms with Crippen molar-refractivity contribution in [1.29, 1.82) is 0 Å². The number of likely N-dealkylation sites (tertiary alicyclic amines) is 1. The molecule has 2 rings (SSSR count). The Morgan fingerprint density at radius 2 is 2.09 bits per heavy atom. The highest BCUT2D eigenvalue weighted by Crippen LogP contribution is 2.22. The van der Waals surface area contributed by atoms with Crippen LogP contribution in [0.2, 0.25) is 0 Å². The Balaban J connectivity index is 0.00000264. The van der Waals surface area contributed by atoms with E-state index in [4.69, 9.17) is 5.73 Å². The lowest BCUT2D eigenvalue weighted by Crippen LogP contribution is -2.35. The maximum atomic E-state index is 12.2. The Kier molecular flexibility index (Phi) is 7.97. The van der Waals surface area contributed by atoms with Crippen LogP contribution in [0.15, 0.2) is 29.2 Å². The normalized spacial score (nSPS) is 19.6. The van der Waals surface area contributed by atoms with Gasteiger partial charge in [-0.25, -0.2) is 12.7 Å². The van der Waals surface area contributed by atoms with Gasteiger partial charge in [0.05, 0.1) is 4.90 Å². The molecular weight excluding hydrogens is 334 g/mol. The largest absolute Gasteiger partial charge is 0.330 e. The van der Waals surface area contributed by atoms with E-state index in [-0.39, 0.29) is 12.4 Å². The molecule has 0 saturated carbocycles. The highest BCUT2D eigenvalue weighted by molar-refractivity contribution is 7.89. The summed E-state index contributed by atoms with van der Waals surface area (Å²) in [5.74, 6) is 0.674. The van der Waals surface area contributed by atoms with Crippen molar-refractivity contribution in [3.8, 4) is 0 Å². The third-order valence-electron chi connectivity index (χ3n) is 4.26. The highest BCUT2D eigenvalue weighted by Gasteiger charge is 2.21. The number of sulfonamides is 1. The topological polar surface area (TPSA) is 66.6 Å². The van der Waals surface area contributed by atoms with E-state index in [2.05, 4.69) is 4.90 Å². The molecule has 5 nitrogen and oxygen atoms in total. The molecule has 1 aromatic carbocycles. The molecule has 0 aromatic heterocycles. The minimum absolute atomic E-state index is 0. The van der Waals surface area contributed by atoms with Crippen LogP contribution in [0, 0.1) is 5.92 Å². The van der Waals surface area contributed by atoms with Crippen molar-refractivity contribution in [3.63, 3.8) is 0 Å². The standard InChI is InChI=1S/C16H27N3O2S.ClH/c1-18(2)22(20,21)16-7-3-5-15(11-16)13-19-10-4-6-14(12-19)8-9-17;/h3,5,7,11,14H,4,6,8-10,12-13,17H2,1-2H3;1H. The van der Waals surface area contributed by atoms with Gasteiger partial charge in [0.25, 0.3) is 0 Å². The fourth-order valence-corrected chi connectivity index (χ4v) is 4.01. The summed E-state index contributed by atoms with van der Waals surface area (Å²) in [6.07, 6.45) is 3.52. The first-order valence-corrected chi connectivity index (χ1v) is 9.31. The van der Waals surface area contributed by atoms with Crippen molar-refractivity contribution in [2.24, 2.45) is 11.7 Å². The first-order valence-electron chi connectivity index (χ1n) is 7.87. The van der Waals surface area contributed by atoms with Crippen LogP contribution in [0.25, 0.3) is 0 Å². The summed E-state index contributed by atoms with van der Waals surface area (Å²) in [6, 6.07) is 7.28. The van der Waals surface area contributed by atoms with Crippen LogP contribution in [0.4, 0.5) is 0 Å². The number of halogens is 1. The maximum absolute atomic E-state index is 12.2. The van der Waals surface area contributed by atoms with Crippen LogP contribution in [-0.2, 0) is 16.6 Å². The third-order valence-corrected chi connectivity index (χ3v) is 6.07. The smallest absolute Gasteiger partial charge is 0.242 e. The van der Waals surface area contributed by atoms with Gasteiger partial charge in [-0.1, -0.05) is 12.1 Å². The average Bonchev–Trinajstić information content (AvgIpc) is 2.48. The molecule has 1 fully saturated rings. The predicted molar refractivity (Wildman–Crippen MR) is 96.2 cm³/mol. The van der Waals surface area contributed by atoms with E-state index in [0.717, 1.165) is 38.2 Å². The van der Waals surface area contributed by atoms with E-state index < -0.39 is 10.0 Å². The molecule has 132 valence electrons. The maximum Gasteiger partial charge on any atom is 0.242 e. The summed E-state index contributed by atoms with van der Waals surface area (Å²) in [5.41, 5.74) is 6.72. The third kappa shape index (κ3) is 5.43. The molecular formula is C16H28ClN3O2S. The van der Waals surface area contributed by atoms with Crippen LogP contribution in [-0.4, -0.2) is 51.4 Å². The zero-order valence-electron chi connectivity index (χ0n) is 13.9. The molecule has 7 heteroatoms. The SMILES string of the molecule is CN(C)S(=O)(=O)c1cccc(CN2CCCC(CCN)C2)c1.Cl. The molecule has 2 N–H and O–H groups in total. The summed E-state index contributed by atoms with van der Waals surface area (Å²) < 4.78 is 25.7. The molecule has 1 saturated heterocycles. The molecule has 1 aliphatic heterocycles. The Morgan fingerprint density at radius 1 is 1.35 bits per heavy atom. The number of piperidine rings is 1. The lowest BCUT2D eigenvalue weighted by Gasteiger charge is -2.32. The van der Waals surface area contributed by atoms with Crippen LogP contribution in [0.1, 0.15) is 24.8 Å². The molecule has 0 amide bonds. The Bertz CT molecular complexity index is 591. The van der Waals surface area contributed by atoms with E-state index >= 15 is 0 Å². The van der Waals surface area contributed by atoms with Gasteiger partial charge in [-0.3, -0.25) is 4.90 Å². The van der Waals surface area contributed by atoms with Gasteiger partial charge in [-0.15, -0.1) is 12.4 Å². The van der Waals surface area contributed by atoms with Gasteiger partial charge < -0.3 is 5.73 Å². The van der Waals surface area contributed by atoms with Crippen LogP contribution in [0.3, 0.4) is 0 Å². The minimum atomic E-state index is -3.36. The van der Waals surface area contributed by atoms with Crippen LogP contribution in [0.5, 0.6) is 0 Å². The summed E-state index contributed by atoms with van der Waals surface area (Å²) in [6.45, 7) is 3.68. The number of nitrogens with zero attached hydrogens (tertiary/aromatic N) is 2. The van der Waals surface area contributed by atoms with E-state index in [9.17, 15) is 8.42 Å². The van der Waals surface area contributed by atoms with Gasteiger partial charge in [-0.2, -0.15) is 0 Å². The zero-order chi connectivity index (χ0) is 16.2. The van der Waals surface area contributed by atoms with Crippen molar-refractivity contribution in [1.82, 2.24) is 9.21 Å². The Hall–Kier alpha value is -0.660. The van der Waals surface area contributed by atoms with Gasteiger partial charge >= 0.3 is 0 Å². The summed E-state index contributed by atoms with van der Waals surface area (Å²) in [4.78, 5) is 2.77. The lowest BCUT2D eigenvalue weighted by atomic mass is 9.94. The van der Waals surface area contributed by atoms with Gasteiger partial charge in [-0.05, 0) is 56.0 Å². The van der Waals surface area contributed by atoms with Crippen molar-refractivity contribution < 1.29 is 8.42 Å². The highest BCUT2D eigenvalue weighted by atomic mass is 35.5. The number of rotatable bonds is 6. The van der Waals surface area contributed by atoms with Gasteiger partial charge in [0.15, 0.2) is 0 Å². The second kappa shape index (κ2) is 8.99. The van der Waals surface area contributed by atoms with Crippen molar-refractivity contribution >= 4 is 22.4 Å². The summed E-state index contributed by atoms with van der Waals surface area (Å²) in [7, 11) is -0.242. The van der Waals surface area contributed by atoms with Crippen molar-refractivity contribution in [3.05, 3.63) is 29.8 Å². The molecule has 0 radical (unpaired) electrons. The number of hydrogen-bond acceptors (Lipinski definition) is 4. The van der Waals surface area contributed by atoms with E-state index in [0.29, 0.717) is 10.8 Å². The average molecular weight is 362 g/mol. The molecule has 23 heavy (non-hydrogen) atoms. The van der Waals surface area contributed by atoms with Crippen LogP contribution < -0.4 is 5.73 Å². The molecule has 0 spiro atoms. The summed E-state index contributed by atoms with van der Waals surface area (Å²) in [5, 5.41) is 0. The fourth-order valence-electron chi connectivity index (χ4n) is 3.04. The van der Waals surface area contributed by atoms with E-state index in [1.165, 1.54) is 17.1 Å². The number of hydrogen-bond donors (Lipinski definition) is 1. The molecule has 1 heterocycles. The number of benzene rings is 1. The Labute approximate surface area is 146 Å². The monoisotopic (exact) mass is 361 g/mol. The van der Waals surface area contributed by atoms with E-state index in [1.54, 1.807) is 26.2 Å². The second-order valence-electron chi connectivity index (χ2n) is 6.26. The van der Waals surface area contributed by atoms with Gasteiger partial charge in [0, 0.05) is 27.2 Å². The minimum Gasteiger partial charge on any atom is -0.330 e. The first kappa shape index (κ1) is 20.4. The van der Waals surface area contributed by atoms with Crippen molar-refractivity contribution in [2.45, 2.75) is 30.7 Å². The Morgan fingerprint density at radius 3 is 2.74 bits per heavy atom. The zero-order valence-corrected chi connectivity index (χ0v) is 15.6. The predicted octanol–water partition coefficient (Wildman–Crippen LogP) is 1.92. The first-order chi connectivity index (χ1) is 10.4. The van der Waals surface area contributed by atoms with Gasteiger partial charge in [0.1, 0.15) is 0 Å². The molecule has 0 bridgehead atoms. The van der Waals surface area contributed by atoms with E-state index in [1.807, 2.05) is 12.1 Å². The lowest BCUT2D eigenvalue weighted by molar-refractivity contribution is 0.163. The van der Waals surface area contributed by atoms with Gasteiger partial charge in [0.2, 0.25) is 10.0 Å². The quantitative estimate of drug-likeness (QED) is 0.840. The molecule has 1 unspecified atom stereocenters. The summed E-state index contributed by atoms with van der Waals surface area (Å²) >= 11 is 0. The van der Waals surface area contributed by atoms with Crippen LogP contribution >= 0.6 is 12.4 Å². The molecule has 0 aliphatic carbocycles. The second-order valence-corrected chi connectivity index (χ2v) is 8.41.